The Labute approximate surface area is 184 Å². The molecule has 0 spiro atoms. The van der Waals surface area contributed by atoms with Gasteiger partial charge in [0.15, 0.2) is 15.0 Å². The van der Waals surface area contributed by atoms with E-state index < -0.39 is 9.84 Å². The summed E-state index contributed by atoms with van der Waals surface area (Å²) in [7, 11) is -3.51. The predicted molar refractivity (Wildman–Crippen MR) is 123 cm³/mol. The van der Waals surface area contributed by atoms with Gasteiger partial charge in [0.2, 0.25) is 5.91 Å². The molecule has 8 heteroatoms. The van der Waals surface area contributed by atoms with Crippen molar-refractivity contribution in [3.05, 3.63) is 65.2 Å². The number of rotatable bonds is 6. The third-order valence-electron chi connectivity index (χ3n) is 5.64. The van der Waals surface area contributed by atoms with Crippen molar-refractivity contribution in [3.63, 3.8) is 0 Å². The van der Waals surface area contributed by atoms with E-state index in [0.717, 1.165) is 47.0 Å². The highest BCUT2D eigenvalue weighted by Gasteiger charge is 2.20. The van der Waals surface area contributed by atoms with Crippen LogP contribution in [0.5, 0.6) is 0 Å². The molecule has 0 saturated heterocycles. The highest BCUT2D eigenvalue weighted by molar-refractivity contribution is 7.91. The number of para-hydroxylation sites is 1. The first-order valence-electron chi connectivity index (χ1n) is 10.2. The van der Waals surface area contributed by atoms with Crippen molar-refractivity contribution in [2.75, 3.05) is 11.1 Å². The second-order valence-corrected chi connectivity index (χ2v) is 10.7. The lowest BCUT2D eigenvalue weighted by atomic mass is 10.1. The quantitative estimate of drug-likeness (QED) is 0.449. The Bertz CT molecular complexity index is 1390. The Morgan fingerprint density at radius 2 is 1.97 bits per heavy atom. The fourth-order valence-corrected chi connectivity index (χ4v) is 6.02. The van der Waals surface area contributed by atoms with E-state index in [1.165, 1.54) is 16.9 Å². The van der Waals surface area contributed by atoms with Crippen molar-refractivity contribution in [3.8, 4) is 11.3 Å². The van der Waals surface area contributed by atoms with Crippen LogP contribution in [0.4, 0.5) is 5.13 Å². The summed E-state index contributed by atoms with van der Waals surface area (Å²) in [6.45, 7) is 0. The molecule has 0 bridgehead atoms. The zero-order valence-corrected chi connectivity index (χ0v) is 18.4. The molecule has 0 atom stereocenters. The van der Waals surface area contributed by atoms with Crippen LogP contribution in [0.1, 0.15) is 24.0 Å². The van der Waals surface area contributed by atoms with E-state index in [-0.39, 0.29) is 18.1 Å². The number of hydrogen-bond acceptors (Lipinski definition) is 5. The summed E-state index contributed by atoms with van der Waals surface area (Å²) in [5.74, 6) is -0.581. The van der Waals surface area contributed by atoms with Crippen LogP contribution in [0.25, 0.3) is 22.2 Å². The number of thiazole rings is 1. The molecule has 0 fully saturated rings. The Morgan fingerprint density at radius 1 is 1.13 bits per heavy atom. The number of H-pyrrole nitrogens is 1. The number of aromatic amines is 1. The van der Waals surface area contributed by atoms with Gasteiger partial charge < -0.3 is 10.3 Å². The van der Waals surface area contributed by atoms with Crippen LogP contribution in [-0.4, -0.2) is 30.0 Å². The Hall–Kier alpha value is -2.97. The number of benzene rings is 2. The number of nitrogens with one attached hydrogen (secondary N) is 2. The van der Waals surface area contributed by atoms with E-state index in [9.17, 15) is 13.2 Å². The van der Waals surface area contributed by atoms with E-state index in [1.807, 2.05) is 41.9 Å². The largest absolute Gasteiger partial charge is 0.360 e. The molecule has 0 aliphatic heterocycles. The summed E-state index contributed by atoms with van der Waals surface area (Å²) in [6, 6.07) is 13.3. The highest BCUT2D eigenvalue weighted by Crippen LogP contribution is 2.31. The normalized spacial score (nSPS) is 13.4. The number of hydrogen-bond donors (Lipinski definition) is 2. The molecule has 1 aliphatic rings. The highest BCUT2D eigenvalue weighted by atomic mass is 32.2. The molecule has 5 rings (SSSR count). The smallest absolute Gasteiger partial charge is 0.227 e. The van der Waals surface area contributed by atoms with Crippen LogP contribution in [0, 0.1) is 0 Å². The SMILES string of the molecule is O=C(CCS(=O)(=O)c1ccc2c(c1)CCC2)Nc1nc(-c2c[nH]c3ccccc23)cs1. The third kappa shape index (κ3) is 4.00. The van der Waals surface area contributed by atoms with Crippen LogP contribution >= 0.6 is 11.3 Å². The average molecular weight is 452 g/mol. The number of carbonyl (C=O) groups excluding carboxylic acids is 1. The number of carbonyl (C=O) groups is 1. The molecular formula is C23H21N3O3S2. The first kappa shape index (κ1) is 20.0. The van der Waals surface area contributed by atoms with Crippen molar-refractivity contribution in [1.29, 1.82) is 0 Å². The minimum atomic E-state index is -3.51. The predicted octanol–water partition coefficient (Wildman–Crippen LogP) is 4.58. The number of anilines is 1. The standard InChI is InChI=1S/C23H21N3O3S2/c27-22(10-11-31(28,29)17-9-8-15-4-3-5-16(15)12-17)26-23-25-21(14-30-23)19-13-24-20-7-2-1-6-18(19)20/h1-2,6-9,12-14,24H,3-5,10-11H2,(H,25,26,27). The molecule has 0 saturated carbocycles. The molecule has 1 amide bonds. The molecule has 2 aromatic carbocycles. The van der Waals surface area contributed by atoms with Crippen LogP contribution in [-0.2, 0) is 27.5 Å². The lowest BCUT2D eigenvalue weighted by Gasteiger charge is -2.07. The molecule has 2 aromatic heterocycles. The average Bonchev–Trinajstić information content (AvgIpc) is 3.50. The topological polar surface area (TPSA) is 91.9 Å². The third-order valence-corrected chi connectivity index (χ3v) is 8.11. The maximum Gasteiger partial charge on any atom is 0.227 e. The summed E-state index contributed by atoms with van der Waals surface area (Å²) in [5.41, 5.74) is 5.09. The summed E-state index contributed by atoms with van der Waals surface area (Å²) in [4.78, 5) is 20.4. The van der Waals surface area contributed by atoms with Gasteiger partial charge in [0, 0.05) is 34.5 Å². The Kier molecular flexibility index (Phi) is 5.11. The minimum absolute atomic E-state index is 0.110. The molecular weight excluding hydrogens is 430 g/mol. The van der Waals surface area contributed by atoms with Gasteiger partial charge in [-0.15, -0.1) is 11.3 Å². The summed E-state index contributed by atoms with van der Waals surface area (Å²) in [6.07, 6.45) is 4.78. The summed E-state index contributed by atoms with van der Waals surface area (Å²) in [5, 5.41) is 6.13. The summed E-state index contributed by atoms with van der Waals surface area (Å²) < 4.78 is 25.4. The van der Waals surface area contributed by atoms with E-state index >= 15 is 0 Å². The van der Waals surface area contributed by atoms with Gasteiger partial charge >= 0.3 is 0 Å². The van der Waals surface area contributed by atoms with Crippen molar-refractivity contribution in [1.82, 2.24) is 9.97 Å². The number of sulfone groups is 1. The molecule has 4 aromatic rings. The number of aryl methyl sites for hydroxylation is 2. The van der Waals surface area contributed by atoms with Crippen LogP contribution in [0.15, 0.2) is 58.9 Å². The van der Waals surface area contributed by atoms with Gasteiger partial charge in [-0.05, 0) is 48.6 Å². The first-order valence-corrected chi connectivity index (χ1v) is 12.7. The fourth-order valence-electron chi connectivity index (χ4n) is 4.01. The first-order chi connectivity index (χ1) is 15.0. The number of aromatic nitrogens is 2. The Balaban J connectivity index is 1.24. The molecule has 1 aliphatic carbocycles. The second kappa shape index (κ2) is 7.94. The van der Waals surface area contributed by atoms with Gasteiger partial charge in [-0.1, -0.05) is 24.3 Å². The molecule has 2 heterocycles. The van der Waals surface area contributed by atoms with E-state index in [1.54, 1.807) is 12.1 Å². The zero-order valence-electron chi connectivity index (χ0n) is 16.7. The van der Waals surface area contributed by atoms with E-state index in [0.29, 0.717) is 10.0 Å². The summed E-state index contributed by atoms with van der Waals surface area (Å²) >= 11 is 1.32. The minimum Gasteiger partial charge on any atom is -0.360 e. The van der Waals surface area contributed by atoms with Crippen LogP contribution in [0.2, 0.25) is 0 Å². The van der Waals surface area contributed by atoms with Crippen LogP contribution < -0.4 is 5.32 Å². The van der Waals surface area contributed by atoms with Gasteiger partial charge in [-0.2, -0.15) is 0 Å². The van der Waals surface area contributed by atoms with Crippen molar-refractivity contribution >= 4 is 43.1 Å². The second-order valence-electron chi connectivity index (χ2n) is 7.69. The van der Waals surface area contributed by atoms with Gasteiger partial charge in [0.05, 0.1) is 16.3 Å². The molecule has 0 radical (unpaired) electrons. The van der Waals surface area contributed by atoms with E-state index in [2.05, 4.69) is 15.3 Å². The van der Waals surface area contributed by atoms with Gasteiger partial charge in [-0.3, -0.25) is 4.79 Å². The lowest BCUT2D eigenvalue weighted by Crippen LogP contribution is -2.17. The van der Waals surface area contributed by atoms with Gasteiger partial charge in [0.25, 0.3) is 0 Å². The van der Waals surface area contributed by atoms with Gasteiger partial charge in [0.1, 0.15) is 0 Å². The molecule has 158 valence electrons. The van der Waals surface area contributed by atoms with Gasteiger partial charge in [-0.25, -0.2) is 13.4 Å². The Morgan fingerprint density at radius 3 is 2.87 bits per heavy atom. The van der Waals surface area contributed by atoms with Crippen molar-refractivity contribution in [2.24, 2.45) is 0 Å². The van der Waals surface area contributed by atoms with Crippen LogP contribution in [0.3, 0.4) is 0 Å². The maximum absolute atomic E-state index is 12.7. The molecule has 0 unspecified atom stereocenters. The van der Waals surface area contributed by atoms with E-state index in [4.69, 9.17) is 0 Å². The molecule has 31 heavy (non-hydrogen) atoms. The number of nitrogens with zero attached hydrogens (tertiary/aromatic N) is 1. The maximum atomic E-state index is 12.7. The number of amides is 1. The molecule has 2 N–H and O–H groups in total. The fraction of sp³-hybridized carbons (Fsp3) is 0.217. The zero-order chi connectivity index (χ0) is 21.4. The monoisotopic (exact) mass is 451 g/mol. The van der Waals surface area contributed by atoms with Crippen molar-refractivity contribution < 1.29 is 13.2 Å². The van der Waals surface area contributed by atoms with Crippen molar-refractivity contribution in [2.45, 2.75) is 30.6 Å². The number of fused-ring (bicyclic) bond motifs is 2. The molecule has 6 nitrogen and oxygen atoms in total. The lowest BCUT2D eigenvalue weighted by molar-refractivity contribution is -0.115.